The van der Waals surface area contributed by atoms with E-state index in [1.54, 1.807) is 0 Å². The Morgan fingerprint density at radius 2 is 1.20 bits per heavy atom. The van der Waals surface area contributed by atoms with Crippen molar-refractivity contribution in [3.05, 3.63) is 12.3 Å². The SMILES string of the molecule is C=C[Si](N1CC1C)(N1CC1C)N1CC1C. The number of hydrogen-bond acceptors (Lipinski definition) is 3. The van der Waals surface area contributed by atoms with Crippen molar-refractivity contribution in [2.45, 2.75) is 38.9 Å². The zero-order valence-electron chi connectivity index (χ0n) is 9.98. The van der Waals surface area contributed by atoms with Gasteiger partial charge in [-0.2, -0.15) is 0 Å². The largest absolute Gasteiger partial charge is 0.316 e. The topological polar surface area (TPSA) is 9.03 Å². The molecule has 0 bridgehead atoms. The molecule has 0 aromatic rings. The number of nitrogens with zero attached hydrogens (tertiary/aromatic N) is 3. The first-order valence-electron chi connectivity index (χ1n) is 6.05. The summed E-state index contributed by atoms with van der Waals surface area (Å²) >= 11 is 0. The molecule has 3 heterocycles. The molecule has 0 amide bonds. The molecule has 0 radical (unpaired) electrons. The van der Waals surface area contributed by atoms with Gasteiger partial charge < -0.3 is 0 Å². The average Bonchev–Trinajstić information content (AvgIpc) is 3.06. The molecule has 0 spiro atoms. The van der Waals surface area contributed by atoms with Crippen LogP contribution in [0.5, 0.6) is 0 Å². The summed E-state index contributed by atoms with van der Waals surface area (Å²) in [5.41, 5.74) is 2.30. The summed E-state index contributed by atoms with van der Waals surface area (Å²) in [5.74, 6) is 0. The highest BCUT2D eigenvalue weighted by Gasteiger charge is 2.66. The molecule has 84 valence electrons. The van der Waals surface area contributed by atoms with E-state index in [4.69, 9.17) is 0 Å². The normalized spacial score (nSPS) is 55.7. The first-order valence-corrected chi connectivity index (χ1v) is 7.97. The molecule has 0 aliphatic carbocycles. The van der Waals surface area contributed by atoms with Crippen LogP contribution in [-0.4, -0.2) is 60.0 Å². The third-order valence-electron chi connectivity index (χ3n) is 4.12. The number of rotatable bonds is 4. The molecule has 15 heavy (non-hydrogen) atoms. The first kappa shape index (κ1) is 10.0. The lowest BCUT2D eigenvalue weighted by Gasteiger charge is -2.33. The zero-order chi connectivity index (χ0) is 10.8. The molecule has 0 saturated carbocycles. The smallest absolute Gasteiger partial charge is 0.291 e. The molecule has 4 heteroatoms. The Kier molecular flexibility index (Phi) is 1.97. The van der Waals surface area contributed by atoms with E-state index in [-0.39, 0.29) is 0 Å². The fourth-order valence-electron chi connectivity index (χ4n) is 2.94. The van der Waals surface area contributed by atoms with Gasteiger partial charge in [0.2, 0.25) is 0 Å². The average molecular weight is 223 g/mol. The van der Waals surface area contributed by atoms with Crippen LogP contribution in [0.2, 0.25) is 0 Å². The Balaban J connectivity index is 1.88. The van der Waals surface area contributed by atoms with Gasteiger partial charge in [-0.05, 0) is 20.8 Å². The molecule has 6 atom stereocenters. The van der Waals surface area contributed by atoms with Crippen molar-refractivity contribution in [1.29, 1.82) is 0 Å². The Hall–Kier alpha value is -0.163. The van der Waals surface area contributed by atoms with Crippen molar-refractivity contribution in [2.75, 3.05) is 19.6 Å². The summed E-state index contributed by atoms with van der Waals surface area (Å²) in [6.07, 6.45) is 0. The summed E-state index contributed by atoms with van der Waals surface area (Å²) in [7, 11) is -1.59. The predicted molar refractivity (Wildman–Crippen MR) is 64.5 cm³/mol. The van der Waals surface area contributed by atoms with Gasteiger partial charge in [0.1, 0.15) is 0 Å². The molecule has 0 aromatic heterocycles. The van der Waals surface area contributed by atoms with Crippen LogP contribution in [0.25, 0.3) is 0 Å². The molecule has 3 aliphatic rings. The van der Waals surface area contributed by atoms with Gasteiger partial charge in [0, 0.05) is 37.8 Å². The third kappa shape index (κ3) is 1.29. The van der Waals surface area contributed by atoms with Gasteiger partial charge >= 0.3 is 8.56 Å². The fraction of sp³-hybridized carbons (Fsp3) is 0.818. The predicted octanol–water partition coefficient (Wildman–Crippen LogP) is 0.763. The van der Waals surface area contributed by atoms with E-state index in [0.717, 1.165) is 18.1 Å². The van der Waals surface area contributed by atoms with Gasteiger partial charge in [0.25, 0.3) is 0 Å². The summed E-state index contributed by atoms with van der Waals surface area (Å²) in [6.45, 7) is 15.0. The molecule has 3 fully saturated rings. The van der Waals surface area contributed by atoms with Crippen LogP contribution >= 0.6 is 0 Å². The molecule has 0 aromatic carbocycles. The van der Waals surface area contributed by atoms with E-state index in [1.807, 2.05) is 0 Å². The molecule has 3 rings (SSSR count). The lowest BCUT2D eigenvalue weighted by molar-refractivity contribution is 0.531. The van der Waals surface area contributed by atoms with Crippen molar-refractivity contribution >= 4 is 8.56 Å². The highest BCUT2D eigenvalue weighted by Crippen LogP contribution is 2.43. The molecular weight excluding hydrogens is 202 g/mol. The Morgan fingerprint density at radius 3 is 1.33 bits per heavy atom. The minimum Gasteiger partial charge on any atom is -0.291 e. The molecule has 3 nitrogen and oxygen atoms in total. The summed E-state index contributed by atoms with van der Waals surface area (Å²) in [4.78, 5) is 0. The Morgan fingerprint density at radius 1 is 0.933 bits per heavy atom. The Bertz CT molecular complexity index is 265. The van der Waals surface area contributed by atoms with Crippen molar-refractivity contribution < 1.29 is 0 Å². The molecular formula is C11H21N3Si. The van der Waals surface area contributed by atoms with Crippen LogP contribution < -0.4 is 0 Å². The second-order valence-corrected chi connectivity index (χ2v) is 8.90. The van der Waals surface area contributed by atoms with Crippen molar-refractivity contribution in [3.63, 3.8) is 0 Å². The standard InChI is InChI=1S/C11H21N3Si/c1-5-15(12-6-9(12)2,13-7-10(13)3)14-8-11(14)4/h5,9-11H,1,6-8H2,2-4H3. The van der Waals surface area contributed by atoms with Gasteiger partial charge in [-0.3, -0.25) is 13.7 Å². The van der Waals surface area contributed by atoms with Crippen molar-refractivity contribution in [1.82, 2.24) is 13.7 Å². The van der Waals surface area contributed by atoms with Crippen LogP contribution in [-0.2, 0) is 0 Å². The van der Waals surface area contributed by atoms with Crippen LogP contribution in [0.4, 0.5) is 0 Å². The minimum absolute atomic E-state index is 0.787. The quantitative estimate of drug-likeness (QED) is 0.514. The lowest BCUT2D eigenvalue weighted by atomic mass is 10.6. The number of hydrogen-bond donors (Lipinski definition) is 0. The van der Waals surface area contributed by atoms with Crippen LogP contribution in [0.1, 0.15) is 20.8 Å². The van der Waals surface area contributed by atoms with E-state index in [0.29, 0.717) is 0 Å². The summed E-state index contributed by atoms with van der Waals surface area (Å²) in [6, 6.07) is 2.36. The second kappa shape index (κ2) is 2.94. The van der Waals surface area contributed by atoms with Gasteiger partial charge in [0.05, 0.1) is 0 Å². The fourth-order valence-corrected chi connectivity index (χ4v) is 8.17. The van der Waals surface area contributed by atoms with E-state index >= 15 is 0 Å². The van der Waals surface area contributed by atoms with E-state index < -0.39 is 8.56 Å². The lowest BCUT2D eigenvalue weighted by Crippen LogP contribution is -2.59. The van der Waals surface area contributed by atoms with Gasteiger partial charge in [0.15, 0.2) is 0 Å². The van der Waals surface area contributed by atoms with Crippen molar-refractivity contribution in [3.8, 4) is 0 Å². The van der Waals surface area contributed by atoms with E-state index in [2.05, 4.69) is 46.7 Å². The summed E-state index contributed by atoms with van der Waals surface area (Å²) < 4.78 is 8.10. The summed E-state index contributed by atoms with van der Waals surface area (Å²) in [5, 5.41) is 0. The third-order valence-corrected chi connectivity index (χ3v) is 9.07. The van der Waals surface area contributed by atoms with Gasteiger partial charge in [-0.1, -0.05) is 5.70 Å². The van der Waals surface area contributed by atoms with E-state index in [1.165, 1.54) is 19.6 Å². The zero-order valence-corrected chi connectivity index (χ0v) is 11.0. The molecule has 3 aliphatic heterocycles. The maximum atomic E-state index is 4.16. The minimum atomic E-state index is -1.59. The van der Waals surface area contributed by atoms with E-state index in [9.17, 15) is 0 Å². The first-order chi connectivity index (χ1) is 7.11. The highest BCUT2D eigenvalue weighted by atomic mass is 28.4. The second-order valence-electron chi connectivity index (χ2n) is 5.40. The van der Waals surface area contributed by atoms with Gasteiger partial charge in [-0.15, -0.1) is 6.58 Å². The highest BCUT2D eigenvalue weighted by molar-refractivity contribution is 6.78. The Labute approximate surface area is 93.6 Å². The van der Waals surface area contributed by atoms with Crippen LogP contribution in [0.3, 0.4) is 0 Å². The molecule has 0 N–H and O–H groups in total. The van der Waals surface area contributed by atoms with Crippen LogP contribution in [0.15, 0.2) is 12.3 Å². The maximum Gasteiger partial charge on any atom is 0.316 e. The maximum absolute atomic E-state index is 4.16. The molecule has 3 saturated heterocycles. The monoisotopic (exact) mass is 223 g/mol. The molecule has 6 unspecified atom stereocenters. The van der Waals surface area contributed by atoms with Crippen molar-refractivity contribution in [2.24, 2.45) is 0 Å². The van der Waals surface area contributed by atoms with Gasteiger partial charge in [-0.25, -0.2) is 0 Å². The van der Waals surface area contributed by atoms with Crippen LogP contribution in [0, 0.1) is 0 Å².